The van der Waals surface area contributed by atoms with Gasteiger partial charge in [-0.25, -0.2) is 8.42 Å². The minimum atomic E-state index is -3.52. The fourth-order valence-corrected chi connectivity index (χ4v) is 2.76. The maximum atomic E-state index is 12.3. The number of rotatable bonds is 6. The molecule has 0 unspecified atom stereocenters. The average molecular weight is 297 g/mol. The summed E-state index contributed by atoms with van der Waals surface area (Å²) in [5.41, 5.74) is 1.02. The lowest BCUT2D eigenvalue weighted by atomic mass is 10.0. The van der Waals surface area contributed by atoms with Crippen LogP contribution in [0.1, 0.15) is 25.8 Å². The molecule has 4 nitrogen and oxygen atoms in total. The van der Waals surface area contributed by atoms with Crippen molar-refractivity contribution >= 4 is 10.0 Å². The van der Waals surface area contributed by atoms with E-state index in [2.05, 4.69) is 0 Å². The number of hydrogen-bond acceptors (Lipinski definition) is 3. The minimum absolute atomic E-state index is 0.0873. The Morgan fingerprint density at radius 3 is 2.35 bits per heavy atom. The molecule has 0 bridgehead atoms. The van der Waals surface area contributed by atoms with Gasteiger partial charge in [0.1, 0.15) is 0 Å². The summed E-state index contributed by atoms with van der Waals surface area (Å²) in [5, 5.41) is 9.67. The van der Waals surface area contributed by atoms with E-state index in [1.807, 2.05) is 20.8 Å². The predicted molar refractivity (Wildman–Crippen MR) is 80.7 cm³/mol. The van der Waals surface area contributed by atoms with Gasteiger partial charge in [0.2, 0.25) is 0 Å². The number of aliphatic hydroxyl groups excluding tert-OH is 1. The minimum Gasteiger partial charge on any atom is -0.393 e. The summed E-state index contributed by atoms with van der Waals surface area (Å²) in [6, 6.07) is 6.74. The quantitative estimate of drug-likeness (QED) is 0.878. The molecule has 0 fully saturated rings. The van der Waals surface area contributed by atoms with Gasteiger partial charge < -0.3 is 5.11 Å². The smallest absolute Gasteiger partial charge is 0.263 e. The molecule has 0 aromatic heterocycles. The van der Waals surface area contributed by atoms with Crippen molar-refractivity contribution in [3.05, 3.63) is 42.1 Å². The maximum Gasteiger partial charge on any atom is 0.263 e. The van der Waals surface area contributed by atoms with Crippen molar-refractivity contribution in [3.63, 3.8) is 0 Å². The van der Waals surface area contributed by atoms with Gasteiger partial charge in [-0.3, -0.25) is 4.31 Å². The van der Waals surface area contributed by atoms with Gasteiger partial charge in [0.25, 0.3) is 10.0 Å². The van der Waals surface area contributed by atoms with Crippen molar-refractivity contribution in [2.75, 3.05) is 7.05 Å². The van der Waals surface area contributed by atoms with Crippen LogP contribution in [0.4, 0.5) is 0 Å². The van der Waals surface area contributed by atoms with Crippen LogP contribution >= 0.6 is 0 Å². The molecule has 5 heteroatoms. The molecule has 1 N–H and O–H groups in total. The molecule has 1 rings (SSSR count). The van der Waals surface area contributed by atoms with Crippen LogP contribution in [0.25, 0.3) is 0 Å². The molecule has 0 radical (unpaired) electrons. The molecular weight excluding hydrogens is 274 g/mol. The third kappa shape index (κ3) is 4.08. The average Bonchev–Trinajstić information content (AvgIpc) is 2.43. The Balaban J connectivity index is 2.88. The van der Waals surface area contributed by atoms with E-state index in [-0.39, 0.29) is 10.8 Å². The zero-order chi connectivity index (χ0) is 15.3. The maximum absolute atomic E-state index is 12.3. The van der Waals surface area contributed by atoms with Crippen LogP contribution in [-0.4, -0.2) is 31.0 Å². The first kappa shape index (κ1) is 16.7. The van der Waals surface area contributed by atoms with Gasteiger partial charge in [0.05, 0.1) is 11.0 Å². The summed E-state index contributed by atoms with van der Waals surface area (Å²) < 4.78 is 25.8. The molecule has 20 heavy (non-hydrogen) atoms. The largest absolute Gasteiger partial charge is 0.393 e. The fourth-order valence-electron chi connectivity index (χ4n) is 1.71. The highest BCUT2D eigenvalue weighted by Gasteiger charge is 2.18. The van der Waals surface area contributed by atoms with Gasteiger partial charge in [0.15, 0.2) is 0 Å². The summed E-state index contributed by atoms with van der Waals surface area (Å²) in [6.45, 7) is 5.66. The van der Waals surface area contributed by atoms with Crippen molar-refractivity contribution in [3.8, 4) is 0 Å². The van der Waals surface area contributed by atoms with Crippen LogP contribution in [0.3, 0.4) is 0 Å². The van der Waals surface area contributed by atoms with Crippen LogP contribution in [0.5, 0.6) is 0 Å². The Labute approximate surface area is 121 Å². The Morgan fingerprint density at radius 2 is 1.85 bits per heavy atom. The summed E-state index contributed by atoms with van der Waals surface area (Å²) in [5.74, 6) is -0.0873. The lowest BCUT2D eigenvalue weighted by Crippen LogP contribution is -2.22. The zero-order valence-corrected chi connectivity index (χ0v) is 13.3. The van der Waals surface area contributed by atoms with Gasteiger partial charge in [-0.1, -0.05) is 37.6 Å². The second kappa shape index (κ2) is 6.90. The van der Waals surface area contributed by atoms with Crippen molar-refractivity contribution in [1.82, 2.24) is 4.31 Å². The monoisotopic (exact) mass is 297 g/mol. The molecule has 0 amide bonds. The number of aliphatic hydroxyl groups is 1. The molecule has 0 heterocycles. The molecule has 2 atom stereocenters. The van der Waals surface area contributed by atoms with Crippen LogP contribution < -0.4 is 0 Å². The lowest BCUT2D eigenvalue weighted by Gasteiger charge is -2.17. The van der Waals surface area contributed by atoms with Crippen LogP contribution in [0.15, 0.2) is 41.4 Å². The van der Waals surface area contributed by atoms with Gasteiger partial charge in [-0.15, -0.1) is 0 Å². The van der Waals surface area contributed by atoms with E-state index < -0.39 is 16.1 Å². The highest BCUT2D eigenvalue weighted by molar-refractivity contribution is 7.89. The first-order chi connectivity index (χ1) is 9.28. The van der Waals surface area contributed by atoms with Gasteiger partial charge in [-0.2, -0.15) is 0 Å². The zero-order valence-electron chi connectivity index (χ0n) is 12.4. The van der Waals surface area contributed by atoms with Crippen molar-refractivity contribution in [2.45, 2.75) is 38.2 Å². The van der Waals surface area contributed by atoms with Crippen molar-refractivity contribution in [1.29, 1.82) is 0 Å². The van der Waals surface area contributed by atoms with E-state index in [1.54, 1.807) is 30.3 Å². The summed E-state index contributed by atoms with van der Waals surface area (Å²) in [7, 11) is -2.02. The van der Waals surface area contributed by atoms with Crippen LogP contribution in [-0.2, 0) is 10.0 Å². The molecule has 112 valence electrons. The number of aryl methyl sites for hydroxylation is 1. The molecule has 1 aromatic carbocycles. The predicted octanol–water partition coefficient (Wildman–Crippen LogP) is 2.54. The van der Waals surface area contributed by atoms with E-state index in [4.69, 9.17) is 0 Å². The van der Waals surface area contributed by atoms with E-state index in [1.165, 1.54) is 17.6 Å². The van der Waals surface area contributed by atoms with Crippen LogP contribution in [0.2, 0.25) is 0 Å². The SMILES string of the molecule is CC[C@@H](O)[C@@H](C)/C=C\N(C)S(=O)(=O)c1ccc(C)cc1. The third-order valence-corrected chi connectivity index (χ3v) is 5.07. The topological polar surface area (TPSA) is 57.6 Å². The lowest BCUT2D eigenvalue weighted by molar-refractivity contribution is 0.133. The van der Waals surface area contributed by atoms with Crippen molar-refractivity contribution in [2.24, 2.45) is 5.92 Å². The molecule has 0 spiro atoms. The Kier molecular flexibility index (Phi) is 5.77. The number of nitrogens with zero attached hydrogens (tertiary/aromatic N) is 1. The number of benzene rings is 1. The molecule has 0 saturated heterocycles. The van der Waals surface area contributed by atoms with Gasteiger partial charge in [0, 0.05) is 19.2 Å². The number of sulfonamides is 1. The standard InChI is InChI=1S/C15H23NO3S/c1-5-15(17)13(3)10-11-16(4)20(18,19)14-8-6-12(2)7-9-14/h6-11,13,15,17H,5H2,1-4H3/b11-10-/t13-,15+/m0/s1. The van der Waals surface area contributed by atoms with Crippen LogP contribution in [0, 0.1) is 12.8 Å². The molecule has 0 aliphatic rings. The molecule has 0 aliphatic carbocycles. The summed E-state index contributed by atoms with van der Waals surface area (Å²) >= 11 is 0. The Hall–Kier alpha value is -1.33. The normalized spacial score (nSPS) is 15.2. The Bertz CT molecular complexity index is 549. The molecule has 1 aromatic rings. The summed E-state index contributed by atoms with van der Waals surface area (Å²) in [4.78, 5) is 0.263. The van der Waals surface area contributed by atoms with Gasteiger partial charge >= 0.3 is 0 Å². The highest BCUT2D eigenvalue weighted by atomic mass is 32.2. The fraction of sp³-hybridized carbons (Fsp3) is 0.467. The molecule has 0 saturated carbocycles. The van der Waals surface area contributed by atoms with Gasteiger partial charge in [-0.05, 0) is 25.5 Å². The van der Waals surface area contributed by atoms with E-state index in [9.17, 15) is 13.5 Å². The third-order valence-electron chi connectivity index (χ3n) is 3.32. The summed E-state index contributed by atoms with van der Waals surface area (Å²) in [6.07, 6.45) is 3.39. The van der Waals surface area contributed by atoms with E-state index in [0.29, 0.717) is 6.42 Å². The molecular formula is C15H23NO3S. The van der Waals surface area contributed by atoms with Crippen molar-refractivity contribution < 1.29 is 13.5 Å². The van der Waals surface area contributed by atoms with E-state index >= 15 is 0 Å². The first-order valence-corrected chi connectivity index (χ1v) is 8.14. The first-order valence-electron chi connectivity index (χ1n) is 6.70. The second-order valence-electron chi connectivity index (χ2n) is 5.01. The Morgan fingerprint density at radius 1 is 1.30 bits per heavy atom. The molecule has 0 aliphatic heterocycles. The second-order valence-corrected chi connectivity index (χ2v) is 7.01. The number of hydrogen-bond donors (Lipinski definition) is 1. The highest BCUT2D eigenvalue weighted by Crippen LogP contribution is 2.16. The van der Waals surface area contributed by atoms with E-state index in [0.717, 1.165) is 5.56 Å².